The predicted molar refractivity (Wildman–Crippen MR) is 193 cm³/mol. The number of benzene rings is 5. The molecule has 0 unspecified atom stereocenters. The van der Waals surface area contributed by atoms with Crippen molar-refractivity contribution in [2.75, 3.05) is 9.80 Å². The SMILES string of the molecule is CC(C)c1cccc(C(C)C)c1N1[CH-]N2c3[c-]cc4ccccc4c3C(C)(C)c3cccc1c32.[Ir+3].[c-]1ccccc1-c1ccccn1. The molecule has 8 rings (SSSR count). The van der Waals surface area contributed by atoms with Gasteiger partial charge >= 0.3 is 20.1 Å². The van der Waals surface area contributed by atoms with Crippen molar-refractivity contribution < 1.29 is 20.1 Å². The van der Waals surface area contributed by atoms with Crippen LogP contribution >= 0.6 is 0 Å². The summed E-state index contributed by atoms with van der Waals surface area (Å²) in [6, 6.07) is 45.0. The van der Waals surface area contributed by atoms with Crippen molar-refractivity contribution in [2.45, 2.75) is 58.8 Å². The molecule has 0 saturated carbocycles. The van der Waals surface area contributed by atoms with Crippen LogP contribution in [-0.4, -0.2) is 4.98 Å². The summed E-state index contributed by atoms with van der Waals surface area (Å²) in [5.41, 5.74) is 12.4. The Morgan fingerprint density at radius 3 is 2.09 bits per heavy atom. The van der Waals surface area contributed by atoms with Crippen LogP contribution in [-0.2, 0) is 25.5 Å². The Balaban J connectivity index is 0.000000250. The molecule has 0 bridgehead atoms. The Bertz CT molecular complexity index is 1950. The molecular weight excluding hydrogens is 751 g/mol. The van der Waals surface area contributed by atoms with Gasteiger partial charge in [-0.1, -0.05) is 108 Å². The number of hydrogen-bond acceptors (Lipinski definition) is 3. The molecule has 0 saturated heterocycles. The molecule has 0 amide bonds. The standard InChI is InChI=1S/C32H32N2.C11H8N.Ir/c1-20(2)23-13-9-14-24(21(3)4)30(23)34-19-33-27-18-17-22-11-7-8-12-25(22)29(27)32(5,6)26-15-10-16-28(34)31(26)33;1-2-6-10(7-3-1)11-8-4-5-9-12-11;/h7-17,19-21H,1-6H3;1-6,8-9H;/q-2;-1;+3. The molecular formula is C43H40IrN3. The molecule has 6 aromatic rings. The molecule has 0 spiro atoms. The van der Waals surface area contributed by atoms with Gasteiger partial charge in [0.15, 0.2) is 0 Å². The molecule has 0 atom stereocenters. The maximum absolute atomic E-state index is 4.22. The van der Waals surface area contributed by atoms with Gasteiger partial charge in [-0.05, 0) is 51.8 Å². The number of rotatable bonds is 4. The molecule has 5 aromatic carbocycles. The van der Waals surface area contributed by atoms with Crippen LogP contribution in [0.15, 0.2) is 115 Å². The van der Waals surface area contributed by atoms with Crippen LogP contribution in [0.3, 0.4) is 0 Å². The molecule has 0 fully saturated rings. The summed E-state index contributed by atoms with van der Waals surface area (Å²) in [6.45, 7) is 16.2. The van der Waals surface area contributed by atoms with Crippen molar-refractivity contribution in [1.29, 1.82) is 0 Å². The summed E-state index contributed by atoms with van der Waals surface area (Å²) in [5.74, 6) is 0.874. The Morgan fingerprint density at radius 1 is 0.702 bits per heavy atom. The Labute approximate surface area is 293 Å². The van der Waals surface area contributed by atoms with Crippen LogP contribution in [0.25, 0.3) is 22.0 Å². The van der Waals surface area contributed by atoms with Crippen molar-refractivity contribution in [3.63, 3.8) is 0 Å². The van der Waals surface area contributed by atoms with Gasteiger partial charge in [0.2, 0.25) is 0 Å². The van der Waals surface area contributed by atoms with E-state index in [1.165, 1.54) is 55.8 Å². The molecule has 2 aliphatic heterocycles. The van der Waals surface area contributed by atoms with Crippen molar-refractivity contribution in [1.82, 2.24) is 4.98 Å². The van der Waals surface area contributed by atoms with Gasteiger partial charge in [-0.15, -0.1) is 65.0 Å². The van der Waals surface area contributed by atoms with E-state index in [-0.39, 0.29) is 25.5 Å². The van der Waals surface area contributed by atoms with Gasteiger partial charge in [-0.25, -0.2) is 0 Å². The van der Waals surface area contributed by atoms with Gasteiger partial charge < -0.3 is 14.8 Å². The second-order valence-corrected chi connectivity index (χ2v) is 13.3. The van der Waals surface area contributed by atoms with Crippen molar-refractivity contribution >= 4 is 33.5 Å². The smallest absolute Gasteiger partial charge is 0.493 e. The molecule has 4 heteroatoms. The normalized spacial score (nSPS) is 14.0. The number of aromatic nitrogens is 1. The van der Waals surface area contributed by atoms with Crippen molar-refractivity contribution in [3.05, 3.63) is 156 Å². The molecule has 0 aliphatic carbocycles. The average Bonchev–Trinajstić information content (AvgIpc) is 3.47. The molecule has 0 radical (unpaired) electrons. The van der Waals surface area contributed by atoms with E-state index in [2.05, 4.69) is 142 Å². The van der Waals surface area contributed by atoms with Gasteiger partial charge in [-0.3, -0.25) is 0 Å². The Hall–Kier alpha value is -4.24. The maximum atomic E-state index is 4.22. The Morgan fingerprint density at radius 2 is 1.40 bits per heavy atom. The minimum absolute atomic E-state index is 0. The van der Waals surface area contributed by atoms with E-state index in [9.17, 15) is 0 Å². The van der Waals surface area contributed by atoms with E-state index in [1.807, 2.05) is 42.5 Å². The minimum Gasteiger partial charge on any atom is -0.493 e. The summed E-state index contributed by atoms with van der Waals surface area (Å²) >= 11 is 0. The molecule has 3 nitrogen and oxygen atoms in total. The van der Waals surface area contributed by atoms with Gasteiger partial charge in [-0.2, -0.15) is 12.1 Å². The predicted octanol–water partition coefficient (Wildman–Crippen LogP) is 11.5. The van der Waals surface area contributed by atoms with E-state index in [0.717, 1.165) is 11.3 Å². The van der Waals surface area contributed by atoms with Crippen LogP contribution in [0.5, 0.6) is 0 Å². The summed E-state index contributed by atoms with van der Waals surface area (Å²) in [6.07, 6.45) is 1.79. The topological polar surface area (TPSA) is 19.4 Å². The summed E-state index contributed by atoms with van der Waals surface area (Å²) in [5, 5.41) is 2.56. The average molecular weight is 791 g/mol. The number of nitrogens with zero attached hydrogens (tertiary/aromatic N) is 3. The van der Waals surface area contributed by atoms with Crippen LogP contribution in [0.1, 0.15) is 75.6 Å². The second kappa shape index (κ2) is 13.1. The summed E-state index contributed by atoms with van der Waals surface area (Å²) < 4.78 is 0. The second-order valence-electron chi connectivity index (χ2n) is 13.3. The van der Waals surface area contributed by atoms with E-state index in [0.29, 0.717) is 11.8 Å². The molecule has 236 valence electrons. The monoisotopic (exact) mass is 791 g/mol. The van der Waals surface area contributed by atoms with Gasteiger partial charge in [0, 0.05) is 23.3 Å². The Kier molecular flexibility index (Phi) is 9.11. The van der Waals surface area contributed by atoms with E-state index in [1.54, 1.807) is 6.20 Å². The quantitative estimate of drug-likeness (QED) is 0.166. The van der Waals surface area contributed by atoms with Crippen LogP contribution < -0.4 is 9.80 Å². The van der Waals surface area contributed by atoms with Gasteiger partial charge in [0.25, 0.3) is 0 Å². The minimum atomic E-state index is -0.128. The van der Waals surface area contributed by atoms with E-state index in [4.69, 9.17) is 0 Å². The summed E-state index contributed by atoms with van der Waals surface area (Å²) in [7, 11) is 0. The van der Waals surface area contributed by atoms with Crippen LogP contribution in [0.4, 0.5) is 22.7 Å². The van der Waals surface area contributed by atoms with Gasteiger partial charge in [0.05, 0.1) is 0 Å². The zero-order chi connectivity index (χ0) is 32.0. The molecule has 1 aromatic heterocycles. The molecule has 2 aliphatic rings. The van der Waals surface area contributed by atoms with Crippen molar-refractivity contribution in [3.8, 4) is 11.3 Å². The number of pyridine rings is 1. The number of para-hydroxylation sites is 2. The van der Waals surface area contributed by atoms with Crippen LogP contribution in [0.2, 0.25) is 0 Å². The number of anilines is 4. The summed E-state index contributed by atoms with van der Waals surface area (Å²) in [4.78, 5) is 9.05. The zero-order valence-corrected chi connectivity index (χ0v) is 30.3. The third-order valence-corrected chi connectivity index (χ3v) is 9.35. The molecule has 3 heterocycles. The zero-order valence-electron chi connectivity index (χ0n) is 27.9. The fourth-order valence-corrected chi connectivity index (χ4v) is 7.08. The first kappa shape index (κ1) is 32.7. The first-order valence-corrected chi connectivity index (χ1v) is 16.3. The molecule has 0 N–H and O–H groups in total. The largest absolute Gasteiger partial charge is 3.00 e. The van der Waals surface area contributed by atoms with E-state index >= 15 is 0 Å². The third kappa shape index (κ3) is 5.68. The molecule has 47 heavy (non-hydrogen) atoms. The third-order valence-electron chi connectivity index (χ3n) is 9.35. The first-order chi connectivity index (χ1) is 22.3. The van der Waals surface area contributed by atoms with Gasteiger partial charge in [0.1, 0.15) is 0 Å². The number of hydrogen-bond donors (Lipinski definition) is 0. The number of fused-ring (bicyclic) bond motifs is 4. The maximum Gasteiger partial charge on any atom is 3.00 e. The fraction of sp³-hybridized carbons (Fsp3) is 0.209. The van der Waals surface area contributed by atoms with Crippen LogP contribution in [0, 0.1) is 18.8 Å². The fourth-order valence-electron chi connectivity index (χ4n) is 7.08. The first-order valence-electron chi connectivity index (χ1n) is 16.3. The van der Waals surface area contributed by atoms with E-state index < -0.39 is 0 Å². The van der Waals surface area contributed by atoms with Crippen molar-refractivity contribution in [2.24, 2.45) is 0 Å².